The predicted molar refractivity (Wildman–Crippen MR) is 158 cm³/mol. The molecule has 4 aromatic rings. The van der Waals surface area contributed by atoms with Gasteiger partial charge in [-0.1, -0.05) is 0 Å². The van der Waals surface area contributed by atoms with E-state index in [1.165, 1.54) is 45.7 Å². The number of hydrogen-bond acceptors (Lipinski definition) is 0. The Hall–Kier alpha value is -1.58. The molecule has 37 heavy (non-hydrogen) atoms. The van der Waals surface area contributed by atoms with Crippen molar-refractivity contribution in [2.24, 2.45) is 0 Å². The van der Waals surface area contributed by atoms with Crippen LogP contribution in [0.15, 0.2) is 121 Å². The topological polar surface area (TPSA) is 0 Å². The first-order chi connectivity index (χ1) is 17.3. The first kappa shape index (κ1) is 28.4. The Bertz CT molecular complexity index is 1360. The molecule has 0 bridgehead atoms. The third kappa shape index (κ3) is 6.53. The smallest absolute Gasteiger partial charge is 1.00 e. The number of benzene rings is 4. The van der Waals surface area contributed by atoms with Gasteiger partial charge in [-0.3, -0.25) is 0 Å². The molecule has 0 fully saturated rings. The third-order valence-electron chi connectivity index (χ3n) is 6.76. The Morgan fingerprint density at radius 2 is 0.703 bits per heavy atom. The second kappa shape index (κ2) is 13.5. The van der Waals surface area contributed by atoms with E-state index in [0.29, 0.717) is 0 Å². The summed E-state index contributed by atoms with van der Waals surface area (Å²) in [4.78, 5) is -0.873. The van der Waals surface area contributed by atoms with Crippen LogP contribution in [0.3, 0.4) is 0 Å². The molecule has 2 aliphatic heterocycles. The van der Waals surface area contributed by atoms with Gasteiger partial charge in [0.15, 0.2) is 0 Å². The van der Waals surface area contributed by atoms with E-state index in [1.807, 2.05) is 0 Å². The van der Waals surface area contributed by atoms with E-state index in [9.17, 15) is 0 Å². The van der Waals surface area contributed by atoms with Crippen molar-refractivity contribution in [1.29, 1.82) is 0 Å². The van der Waals surface area contributed by atoms with Gasteiger partial charge < -0.3 is 24.8 Å². The largest absolute Gasteiger partial charge is 1.00 e. The monoisotopic (exact) mass is 634 g/mol. The molecule has 2 heterocycles. The molecule has 2 atom stereocenters. The Morgan fingerprint density at radius 1 is 0.405 bits per heavy atom. The second-order valence-corrected chi connectivity index (χ2v) is 28.5. The number of allylic oxidation sites excluding steroid dienone is 4. The van der Waals surface area contributed by atoms with E-state index in [2.05, 4.69) is 133 Å². The van der Waals surface area contributed by atoms with Gasteiger partial charge in [0.25, 0.3) is 0 Å². The van der Waals surface area contributed by atoms with E-state index in [-0.39, 0.29) is 24.8 Å². The van der Waals surface area contributed by atoms with Crippen molar-refractivity contribution < 1.29 is 46.9 Å². The molecule has 0 saturated heterocycles. The van der Waals surface area contributed by atoms with Crippen LogP contribution in [0.2, 0.25) is 0 Å². The Morgan fingerprint density at radius 3 is 1.03 bits per heavy atom. The van der Waals surface area contributed by atoms with Crippen LogP contribution in [-0.4, -0.2) is 23.9 Å². The molecule has 0 radical (unpaired) electrons. The van der Waals surface area contributed by atoms with Crippen molar-refractivity contribution in [3.8, 4) is 0 Å². The first-order valence-corrected chi connectivity index (χ1v) is 23.2. The maximum Gasteiger partial charge on any atom is -1.00 e. The van der Waals surface area contributed by atoms with Crippen LogP contribution in [0.5, 0.6) is 0 Å². The molecule has 0 saturated carbocycles. The van der Waals surface area contributed by atoms with E-state index in [1.54, 1.807) is 11.1 Å². The zero-order valence-corrected chi connectivity index (χ0v) is 26.3. The normalized spacial score (nSPS) is 18.3. The fourth-order valence-corrected chi connectivity index (χ4v) is 32.1. The maximum absolute atomic E-state index is 2.75. The van der Waals surface area contributed by atoms with Crippen LogP contribution < -0.4 is 24.8 Å². The van der Waals surface area contributed by atoms with Gasteiger partial charge in [0.1, 0.15) is 0 Å². The van der Waals surface area contributed by atoms with Gasteiger partial charge in [0.05, 0.1) is 0 Å². The molecule has 184 valence electrons. The zero-order valence-electron chi connectivity index (χ0n) is 20.4. The first-order valence-electron chi connectivity index (χ1n) is 12.2. The van der Waals surface area contributed by atoms with Gasteiger partial charge in [0, 0.05) is 0 Å². The van der Waals surface area contributed by atoms with Crippen molar-refractivity contribution in [2.75, 3.05) is 12.3 Å². The van der Waals surface area contributed by atoms with Gasteiger partial charge in [-0.15, -0.1) is 0 Å². The standard InChI is InChI=1S/2C16H13P.2ClH.Zr/c2*1-3-7-13(8-4-1)15-11-17-12-16(15)14-9-5-2-6-10-14;;;/h2*1-11H,12H2;2*1H;. The van der Waals surface area contributed by atoms with E-state index < -0.39 is 31.7 Å². The summed E-state index contributed by atoms with van der Waals surface area (Å²) in [6.45, 7) is 0. The zero-order chi connectivity index (χ0) is 23.5. The van der Waals surface area contributed by atoms with Gasteiger partial charge in [-0.25, -0.2) is 0 Å². The van der Waals surface area contributed by atoms with Crippen molar-refractivity contribution in [3.05, 3.63) is 144 Å². The summed E-state index contributed by atoms with van der Waals surface area (Å²) in [5.41, 5.74) is 11.8. The maximum atomic E-state index is 2.75. The van der Waals surface area contributed by atoms with E-state index in [4.69, 9.17) is 0 Å². The molecule has 2 aliphatic rings. The molecule has 0 nitrogen and oxygen atoms in total. The fraction of sp³-hybridized carbons (Fsp3) is 0.0625. The minimum atomic E-state index is -0.522. The van der Waals surface area contributed by atoms with Crippen LogP contribution in [0, 0.1) is 0 Å². The summed E-state index contributed by atoms with van der Waals surface area (Å²) < 4.78 is 0. The van der Waals surface area contributed by atoms with Crippen molar-refractivity contribution in [2.45, 2.75) is 0 Å². The predicted octanol–water partition coefficient (Wildman–Crippen LogP) is 2.19. The van der Waals surface area contributed by atoms with Gasteiger partial charge in [-0.2, -0.15) is 0 Å². The van der Waals surface area contributed by atoms with Crippen LogP contribution in [0.25, 0.3) is 22.3 Å². The van der Waals surface area contributed by atoms with Crippen molar-refractivity contribution in [3.63, 3.8) is 0 Å². The van der Waals surface area contributed by atoms with Crippen molar-refractivity contribution in [1.82, 2.24) is 0 Å². The molecule has 0 spiro atoms. The van der Waals surface area contributed by atoms with Crippen molar-refractivity contribution >= 4 is 43.6 Å². The summed E-state index contributed by atoms with van der Waals surface area (Å²) in [6, 6.07) is 44.4. The molecule has 4 aromatic carbocycles. The minimum Gasteiger partial charge on any atom is -1.00 e. The molecule has 0 aromatic heterocycles. The molecule has 2 unspecified atom stereocenters. The summed E-state index contributed by atoms with van der Waals surface area (Å²) >= 11 is -0.522. The summed E-state index contributed by atoms with van der Waals surface area (Å²) in [5, 5.41) is 0. The third-order valence-corrected chi connectivity index (χ3v) is 31.0. The minimum absolute atomic E-state index is 0. The number of halogens is 2. The van der Waals surface area contributed by atoms with E-state index in [0.717, 1.165) is 0 Å². The molecule has 0 aliphatic carbocycles. The molecule has 0 amide bonds. The molecule has 6 rings (SSSR count). The summed E-state index contributed by atoms with van der Waals surface area (Å²) in [7, 11) is 0. The fourth-order valence-electron chi connectivity index (χ4n) is 5.11. The average molecular weight is 637 g/mol. The quantitative estimate of drug-likeness (QED) is 0.285. The Kier molecular flexibility index (Phi) is 10.4. The second-order valence-electron chi connectivity index (χ2n) is 9.07. The Labute approximate surface area is 244 Å². The number of rotatable bonds is 6. The Balaban J connectivity index is 0.00000160. The van der Waals surface area contributed by atoms with Crippen LogP contribution >= 0.6 is 9.68 Å². The van der Waals surface area contributed by atoms with Crippen LogP contribution in [0.4, 0.5) is 0 Å². The molecular formula is C32H28Cl2P2Zr. The average Bonchev–Trinajstić information content (AvgIpc) is 3.56. The van der Waals surface area contributed by atoms with Crippen LogP contribution in [-0.2, 0) is 22.1 Å². The van der Waals surface area contributed by atoms with Crippen LogP contribution in [0.1, 0.15) is 22.3 Å². The van der Waals surface area contributed by atoms with Gasteiger partial charge in [-0.05, 0) is 0 Å². The SMILES string of the molecule is C1=[PH]([Zr+2][PH]2=CC(c3ccccc3)=C(c3ccccc3)C2)CC(c2ccccc2)=C1c1ccccc1.[Cl-].[Cl-]. The summed E-state index contributed by atoms with van der Waals surface area (Å²) in [6.07, 6.45) is 2.63. The molecule has 5 heteroatoms. The van der Waals surface area contributed by atoms with Gasteiger partial charge in [0.2, 0.25) is 0 Å². The number of hydrogen-bond donors (Lipinski definition) is 0. The van der Waals surface area contributed by atoms with Gasteiger partial charge >= 0.3 is 222 Å². The molecule has 0 N–H and O–H groups in total. The summed E-state index contributed by atoms with van der Waals surface area (Å²) in [5.74, 6) is 5.51. The molecular weight excluding hydrogens is 608 g/mol. The van der Waals surface area contributed by atoms with E-state index >= 15 is 0 Å².